The second kappa shape index (κ2) is 6.00. The summed E-state index contributed by atoms with van der Waals surface area (Å²) in [5.74, 6) is 0. The van der Waals surface area contributed by atoms with E-state index in [4.69, 9.17) is 0 Å². The van der Waals surface area contributed by atoms with Gasteiger partial charge in [-0.25, -0.2) is 0 Å². The van der Waals surface area contributed by atoms with E-state index in [9.17, 15) is 0 Å². The molecule has 2 rings (SSSR count). The molecule has 2 heterocycles. The maximum atomic E-state index is 4.55. The van der Waals surface area contributed by atoms with Gasteiger partial charge >= 0.3 is 0 Å². The minimum Gasteiger partial charge on any atom is -0.343 e. The monoisotopic (exact) mass is 219 g/mol. The van der Waals surface area contributed by atoms with E-state index in [-0.39, 0.29) is 0 Å². The minimum atomic E-state index is 0.766. The molecule has 2 N–H and O–H groups in total. The van der Waals surface area contributed by atoms with E-state index in [0.717, 1.165) is 18.9 Å². The van der Waals surface area contributed by atoms with Gasteiger partial charge in [-0.05, 0) is 43.7 Å². The van der Waals surface area contributed by atoms with Gasteiger partial charge in [-0.1, -0.05) is 13.0 Å². The van der Waals surface area contributed by atoms with Crippen molar-refractivity contribution in [3.8, 4) is 0 Å². The summed E-state index contributed by atoms with van der Waals surface area (Å²) in [6, 6.07) is 5.19. The lowest BCUT2D eigenvalue weighted by molar-refractivity contribution is -0.687. The zero-order chi connectivity index (χ0) is 11.2. The Morgan fingerprint density at radius 2 is 2.25 bits per heavy atom. The van der Waals surface area contributed by atoms with E-state index in [0.29, 0.717) is 0 Å². The van der Waals surface area contributed by atoms with Crippen LogP contribution >= 0.6 is 0 Å². The van der Waals surface area contributed by atoms with Crippen LogP contribution in [0.2, 0.25) is 0 Å². The number of aryl methyl sites for hydroxylation is 1. The molecule has 0 spiro atoms. The normalized spacial score (nSPS) is 21.7. The van der Waals surface area contributed by atoms with Crippen LogP contribution in [-0.4, -0.2) is 17.6 Å². The molecule has 0 bridgehead atoms. The van der Waals surface area contributed by atoms with Gasteiger partial charge in [0.05, 0.1) is 12.6 Å². The average molecular weight is 219 g/mol. The predicted molar refractivity (Wildman–Crippen MR) is 66.4 cm³/mol. The number of aromatic nitrogens is 1. The van der Waals surface area contributed by atoms with Crippen LogP contribution < -0.4 is 5.32 Å². The predicted octanol–water partition coefficient (Wildman–Crippen LogP) is 1.69. The van der Waals surface area contributed by atoms with Gasteiger partial charge in [0.1, 0.15) is 0 Å². The van der Waals surface area contributed by atoms with Gasteiger partial charge in [0.2, 0.25) is 0 Å². The number of hydrogen-bond donors (Lipinski definition) is 1. The topological polar surface area (TPSA) is 29.5 Å². The highest BCUT2D eigenvalue weighted by atomic mass is 14.9. The molecule has 16 heavy (non-hydrogen) atoms. The first kappa shape index (κ1) is 11.6. The fraction of sp³-hybridized carbons (Fsp3) is 0.643. The van der Waals surface area contributed by atoms with Gasteiger partial charge in [0.15, 0.2) is 0 Å². The van der Waals surface area contributed by atoms with Gasteiger partial charge in [-0.3, -0.25) is 4.98 Å². The zero-order valence-corrected chi connectivity index (χ0v) is 10.3. The number of rotatable bonds is 3. The molecule has 1 saturated heterocycles. The van der Waals surface area contributed by atoms with Gasteiger partial charge < -0.3 is 5.32 Å². The molecule has 0 saturated carbocycles. The van der Waals surface area contributed by atoms with E-state index in [2.05, 4.69) is 29.4 Å². The molecule has 2 heteroatoms. The quantitative estimate of drug-likeness (QED) is 0.823. The van der Waals surface area contributed by atoms with Gasteiger partial charge in [0.25, 0.3) is 0 Å². The molecule has 1 aliphatic rings. The molecule has 1 fully saturated rings. The summed E-state index contributed by atoms with van der Waals surface area (Å²) in [6.45, 7) is 3.48. The van der Waals surface area contributed by atoms with Crippen LogP contribution in [0.15, 0.2) is 18.3 Å². The fourth-order valence-corrected chi connectivity index (χ4v) is 2.44. The smallest absolute Gasteiger partial charge is 0.0915 e. The SMILES string of the molecule is CCc1ccc(C[C@@H]2CCCCC[NH2+]2)nc1. The van der Waals surface area contributed by atoms with Crippen LogP contribution in [0.3, 0.4) is 0 Å². The Hall–Kier alpha value is -0.890. The highest BCUT2D eigenvalue weighted by Gasteiger charge is 2.15. The average Bonchev–Trinajstić information content (AvgIpc) is 2.59. The Morgan fingerprint density at radius 1 is 1.31 bits per heavy atom. The molecule has 2 nitrogen and oxygen atoms in total. The van der Waals surface area contributed by atoms with Crippen molar-refractivity contribution in [2.45, 2.75) is 51.5 Å². The molecule has 0 unspecified atom stereocenters. The second-order valence-corrected chi connectivity index (χ2v) is 4.85. The molecule has 1 aromatic heterocycles. The Balaban J connectivity index is 1.91. The number of nitrogens with two attached hydrogens (primary N) is 1. The number of quaternary nitrogens is 1. The summed E-state index contributed by atoms with van der Waals surface area (Å²) < 4.78 is 0. The maximum absolute atomic E-state index is 4.55. The second-order valence-electron chi connectivity index (χ2n) is 4.85. The molecule has 1 aromatic rings. The van der Waals surface area contributed by atoms with Crippen molar-refractivity contribution in [2.75, 3.05) is 6.54 Å². The van der Waals surface area contributed by atoms with Crippen LogP contribution in [0.5, 0.6) is 0 Å². The summed E-state index contributed by atoms with van der Waals surface area (Å²) in [5.41, 5.74) is 2.61. The summed E-state index contributed by atoms with van der Waals surface area (Å²) in [5, 5.41) is 2.52. The van der Waals surface area contributed by atoms with Crippen LogP contribution in [0.25, 0.3) is 0 Å². The van der Waals surface area contributed by atoms with Crippen LogP contribution in [0, 0.1) is 0 Å². The highest BCUT2D eigenvalue weighted by Crippen LogP contribution is 2.09. The molecule has 1 atom stereocenters. The molecule has 0 amide bonds. The van der Waals surface area contributed by atoms with Crippen molar-refractivity contribution in [3.63, 3.8) is 0 Å². The number of nitrogens with zero attached hydrogens (tertiary/aromatic N) is 1. The summed E-state index contributed by atoms with van der Waals surface area (Å²) in [4.78, 5) is 4.55. The maximum Gasteiger partial charge on any atom is 0.0915 e. The molecular weight excluding hydrogens is 196 g/mol. The Morgan fingerprint density at radius 3 is 3.00 bits per heavy atom. The third-order valence-corrected chi connectivity index (χ3v) is 3.54. The van der Waals surface area contributed by atoms with Crippen LogP contribution in [0.1, 0.15) is 43.9 Å². The third kappa shape index (κ3) is 3.31. The van der Waals surface area contributed by atoms with Gasteiger partial charge in [0, 0.05) is 18.3 Å². The highest BCUT2D eigenvalue weighted by molar-refractivity contribution is 5.14. The lowest BCUT2D eigenvalue weighted by Crippen LogP contribution is -2.90. The Kier molecular flexibility index (Phi) is 4.34. The van der Waals surface area contributed by atoms with Crippen LogP contribution in [0.4, 0.5) is 0 Å². The molecule has 88 valence electrons. The Bertz CT molecular complexity index is 297. The summed E-state index contributed by atoms with van der Waals surface area (Å²) in [7, 11) is 0. The van der Waals surface area contributed by atoms with E-state index in [1.54, 1.807) is 0 Å². The molecule has 1 aliphatic heterocycles. The molecule has 0 radical (unpaired) electrons. The fourth-order valence-electron chi connectivity index (χ4n) is 2.44. The first-order valence-corrected chi connectivity index (χ1v) is 6.65. The summed E-state index contributed by atoms with van der Waals surface area (Å²) >= 11 is 0. The van der Waals surface area contributed by atoms with E-state index in [1.807, 2.05) is 6.20 Å². The van der Waals surface area contributed by atoms with Crippen LogP contribution in [-0.2, 0) is 12.8 Å². The summed E-state index contributed by atoms with van der Waals surface area (Å²) in [6.07, 6.45) is 9.82. The molecule has 0 aromatic carbocycles. The van der Waals surface area contributed by atoms with Crippen molar-refractivity contribution in [1.29, 1.82) is 0 Å². The lowest BCUT2D eigenvalue weighted by atomic mass is 10.0. The molecule has 0 aliphatic carbocycles. The minimum absolute atomic E-state index is 0.766. The van der Waals surface area contributed by atoms with Crippen molar-refractivity contribution < 1.29 is 5.32 Å². The zero-order valence-electron chi connectivity index (χ0n) is 10.3. The standard InChI is InChI=1S/C14H22N2/c1-2-12-7-8-14(16-11-12)10-13-6-4-3-5-9-15-13/h7-8,11,13,15H,2-6,9-10H2,1H3/p+1/t13-/m0/s1. The Labute approximate surface area is 98.5 Å². The first-order valence-electron chi connectivity index (χ1n) is 6.65. The van der Waals surface area contributed by atoms with E-state index in [1.165, 1.54) is 43.5 Å². The van der Waals surface area contributed by atoms with Gasteiger partial charge in [-0.15, -0.1) is 0 Å². The first-order chi connectivity index (χ1) is 7.88. The van der Waals surface area contributed by atoms with Crippen molar-refractivity contribution in [1.82, 2.24) is 4.98 Å². The number of pyridine rings is 1. The lowest BCUT2D eigenvalue weighted by Gasteiger charge is -2.12. The molecular formula is C14H23N2+. The largest absolute Gasteiger partial charge is 0.343 e. The van der Waals surface area contributed by atoms with E-state index >= 15 is 0 Å². The van der Waals surface area contributed by atoms with Crippen molar-refractivity contribution in [3.05, 3.63) is 29.6 Å². The van der Waals surface area contributed by atoms with Gasteiger partial charge in [-0.2, -0.15) is 0 Å². The van der Waals surface area contributed by atoms with Crippen molar-refractivity contribution >= 4 is 0 Å². The third-order valence-electron chi connectivity index (χ3n) is 3.54. The van der Waals surface area contributed by atoms with E-state index < -0.39 is 0 Å². The van der Waals surface area contributed by atoms with Crippen molar-refractivity contribution in [2.24, 2.45) is 0 Å². The number of hydrogen-bond acceptors (Lipinski definition) is 1.